The molecule has 16 heavy (non-hydrogen) atoms. The molecule has 0 amide bonds. The van der Waals surface area contributed by atoms with Gasteiger partial charge >= 0.3 is 0 Å². The maximum atomic E-state index is 5.57. The Bertz CT molecular complexity index is 501. The minimum Gasteiger partial charge on any atom is -0.374 e. The number of hydrogen-bond donors (Lipinski definition) is 1. The Kier molecular flexibility index (Phi) is 2.36. The third kappa shape index (κ3) is 1.69. The Morgan fingerprint density at radius 2 is 2.19 bits per heavy atom. The van der Waals surface area contributed by atoms with Crippen LogP contribution in [0.4, 0.5) is 5.13 Å². The van der Waals surface area contributed by atoms with Gasteiger partial charge in [0.15, 0.2) is 0 Å². The van der Waals surface area contributed by atoms with Gasteiger partial charge < -0.3 is 10.3 Å². The number of nitrogens with two attached hydrogens (primary N) is 1. The summed E-state index contributed by atoms with van der Waals surface area (Å²) in [6.45, 7) is 0.747. The molecule has 0 unspecified atom stereocenters. The highest BCUT2D eigenvalue weighted by molar-refractivity contribution is 7.15. The van der Waals surface area contributed by atoms with Crippen LogP contribution in [0.2, 0.25) is 0 Å². The van der Waals surface area contributed by atoms with Crippen molar-refractivity contribution in [2.75, 3.05) is 5.73 Å². The van der Waals surface area contributed by atoms with Crippen molar-refractivity contribution >= 4 is 16.5 Å². The van der Waals surface area contributed by atoms with Crippen LogP contribution in [-0.4, -0.2) is 19.7 Å². The topological polar surface area (TPSA) is 69.6 Å². The summed E-state index contributed by atoms with van der Waals surface area (Å²) in [6, 6.07) is 0. The third-order valence-electron chi connectivity index (χ3n) is 2.90. The largest absolute Gasteiger partial charge is 0.374 e. The quantitative estimate of drug-likeness (QED) is 0.850. The minimum absolute atomic E-state index is 0.531. The Morgan fingerprint density at radius 3 is 3.00 bits per heavy atom. The molecule has 6 heteroatoms. The second kappa shape index (κ2) is 3.86. The van der Waals surface area contributed by atoms with Gasteiger partial charge in [0, 0.05) is 5.69 Å². The maximum Gasteiger partial charge on any atom is 0.203 e. The van der Waals surface area contributed by atoms with E-state index < -0.39 is 0 Å². The van der Waals surface area contributed by atoms with E-state index in [-0.39, 0.29) is 0 Å². The highest BCUT2D eigenvalue weighted by Gasteiger charge is 2.15. The first-order valence-corrected chi connectivity index (χ1v) is 6.25. The van der Waals surface area contributed by atoms with Crippen molar-refractivity contribution in [2.45, 2.75) is 32.2 Å². The van der Waals surface area contributed by atoms with E-state index in [0.717, 1.165) is 24.4 Å². The number of fused-ring (bicyclic) bond motifs is 1. The number of imidazole rings is 1. The van der Waals surface area contributed by atoms with Gasteiger partial charge in [-0.05, 0) is 25.7 Å². The zero-order chi connectivity index (χ0) is 11.0. The van der Waals surface area contributed by atoms with Crippen LogP contribution in [0.25, 0.3) is 0 Å². The number of aromatic nitrogens is 4. The van der Waals surface area contributed by atoms with Gasteiger partial charge in [0.2, 0.25) is 5.13 Å². The highest BCUT2D eigenvalue weighted by atomic mass is 32.1. The summed E-state index contributed by atoms with van der Waals surface area (Å²) in [6.07, 6.45) is 6.67. The first kappa shape index (κ1) is 9.77. The van der Waals surface area contributed by atoms with E-state index in [1.54, 1.807) is 0 Å². The van der Waals surface area contributed by atoms with Crippen molar-refractivity contribution < 1.29 is 0 Å². The second-order valence-corrected chi connectivity index (χ2v) is 5.10. The first-order chi connectivity index (χ1) is 7.83. The SMILES string of the molecule is Nc1nnc(Cn2cnc3c2CCCC3)s1. The van der Waals surface area contributed by atoms with E-state index in [2.05, 4.69) is 19.7 Å². The second-order valence-electron chi connectivity index (χ2n) is 4.01. The van der Waals surface area contributed by atoms with Crippen LogP contribution in [0.3, 0.4) is 0 Å². The number of aryl methyl sites for hydroxylation is 1. The number of rotatable bonds is 2. The van der Waals surface area contributed by atoms with Gasteiger partial charge in [-0.1, -0.05) is 11.3 Å². The molecule has 2 aromatic rings. The van der Waals surface area contributed by atoms with Crippen LogP contribution >= 0.6 is 11.3 Å². The maximum absolute atomic E-state index is 5.57. The van der Waals surface area contributed by atoms with E-state index in [1.807, 2.05) is 6.33 Å². The van der Waals surface area contributed by atoms with Crippen molar-refractivity contribution in [1.29, 1.82) is 0 Å². The molecule has 0 saturated carbocycles. The fourth-order valence-corrected chi connectivity index (χ4v) is 2.75. The van der Waals surface area contributed by atoms with Crippen LogP contribution in [0.1, 0.15) is 29.2 Å². The van der Waals surface area contributed by atoms with Gasteiger partial charge in [0.25, 0.3) is 0 Å². The lowest BCUT2D eigenvalue weighted by atomic mass is 10.0. The van der Waals surface area contributed by atoms with E-state index in [4.69, 9.17) is 5.73 Å². The minimum atomic E-state index is 0.531. The van der Waals surface area contributed by atoms with E-state index in [9.17, 15) is 0 Å². The van der Waals surface area contributed by atoms with E-state index >= 15 is 0 Å². The van der Waals surface area contributed by atoms with Gasteiger partial charge in [-0.2, -0.15) is 0 Å². The molecule has 0 radical (unpaired) electrons. The fourth-order valence-electron chi connectivity index (χ4n) is 2.14. The smallest absolute Gasteiger partial charge is 0.203 e. The van der Waals surface area contributed by atoms with Gasteiger partial charge in [-0.25, -0.2) is 4.98 Å². The number of anilines is 1. The van der Waals surface area contributed by atoms with E-state index in [1.165, 1.54) is 35.6 Å². The third-order valence-corrected chi connectivity index (χ3v) is 3.64. The van der Waals surface area contributed by atoms with Gasteiger partial charge in [-0.3, -0.25) is 0 Å². The number of nitrogen functional groups attached to an aromatic ring is 1. The summed E-state index contributed by atoms with van der Waals surface area (Å²) in [5, 5.41) is 9.34. The Morgan fingerprint density at radius 1 is 1.31 bits per heavy atom. The fraction of sp³-hybridized carbons (Fsp3) is 0.500. The lowest BCUT2D eigenvalue weighted by molar-refractivity contribution is 0.626. The molecule has 2 N–H and O–H groups in total. The number of hydrogen-bond acceptors (Lipinski definition) is 5. The standard InChI is InChI=1S/C10H13N5S/c11-10-14-13-9(16-10)5-15-6-12-7-3-1-2-4-8(7)15/h6H,1-5H2,(H2,11,14). The molecule has 2 aromatic heterocycles. The summed E-state index contributed by atoms with van der Waals surface area (Å²) < 4.78 is 2.18. The van der Waals surface area contributed by atoms with Gasteiger partial charge in [0.1, 0.15) is 5.01 Å². The molecule has 0 fully saturated rings. The predicted octanol–water partition coefficient (Wildman–Crippen LogP) is 1.24. The summed E-state index contributed by atoms with van der Waals surface area (Å²) in [5.74, 6) is 0. The molecule has 0 atom stereocenters. The van der Waals surface area contributed by atoms with Crippen LogP contribution in [0.15, 0.2) is 6.33 Å². The molecule has 0 aromatic carbocycles. The molecule has 1 aliphatic rings. The highest BCUT2D eigenvalue weighted by Crippen LogP contribution is 2.21. The van der Waals surface area contributed by atoms with Gasteiger partial charge in [-0.15, -0.1) is 10.2 Å². The zero-order valence-electron chi connectivity index (χ0n) is 8.89. The summed E-state index contributed by atoms with van der Waals surface area (Å²) in [7, 11) is 0. The molecule has 0 saturated heterocycles. The molecular weight excluding hydrogens is 222 g/mol. The summed E-state index contributed by atoms with van der Waals surface area (Å²) in [4.78, 5) is 4.45. The van der Waals surface area contributed by atoms with Crippen molar-refractivity contribution in [2.24, 2.45) is 0 Å². The zero-order valence-corrected chi connectivity index (χ0v) is 9.70. The lowest BCUT2D eigenvalue weighted by Gasteiger charge is -2.12. The molecule has 0 spiro atoms. The number of nitrogens with zero attached hydrogens (tertiary/aromatic N) is 4. The Balaban J connectivity index is 1.87. The van der Waals surface area contributed by atoms with Crippen LogP contribution in [0, 0.1) is 0 Å². The van der Waals surface area contributed by atoms with Crippen LogP contribution in [-0.2, 0) is 19.4 Å². The predicted molar refractivity (Wildman–Crippen MR) is 62.3 cm³/mol. The van der Waals surface area contributed by atoms with Gasteiger partial charge in [0.05, 0.1) is 18.6 Å². The Hall–Kier alpha value is -1.43. The summed E-state index contributed by atoms with van der Waals surface area (Å²) >= 11 is 1.44. The average molecular weight is 235 g/mol. The molecule has 2 heterocycles. The molecule has 1 aliphatic carbocycles. The normalized spacial score (nSPS) is 15.0. The van der Waals surface area contributed by atoms with Crippen LogP contribution < -0.4 is 5.73 Å². The molecule has 0 aliphatic heterocycles. The average Bonchev–Trinajstić information content (AvgIpc) is 2.87. The van der Waals surface area contributed by atoms with Crippen molar-refractivity contribution in [1.82, 2.24) is 19.7 Å². The summed E-state index contributed by atoms with van der Waals surface area (Å²) in [5.41, 5.74) is 8.18. The van der Waals surface area contributed by atoms with E-state index in [0.29, 0.717) is 5.13 Å². The molecule has 0 bridgehead atoms. The first-order valence-electron chi connectivity index (χ1n) is 5.43. The molecular formula is C10H13N5S. The molecule has 84 valence electrons. The van der Waals surface area contributed by atoms with Crippen molar-refractivity contribution in [3.05, 3.63) is 22.7 Å². The monoisotopic (exact) mass is 235 g/mol. The van der Waals surface area contributed by atoms with Crippen molar-refractivity contribution in [3.8, 4) is 0 Å². The van der Waals surface area contributed by atoms with Crippen molar-refractivity contribution in [3.63, 3.8) is 0 Å². The van der Waals surface area contributed by atoms with Crippen LogP contribution in [0.5, 0.6) is 0 Å². The lowest BCUT2D eigenvalue weighted by Crippen LogP contribution is -2.08. The molecule has 3 rings (SSSR count). The Labute approximate surface area is 97.3 Å². The molecule has 5 nitrogen and oxygen atoms in total.